The Balaban J connectivity index is 2.03. The molecule has 92 valence electrons. The third kappa shape index (κ3) is 2.64. The number of anilines is 1. The zero-order valence-electron chi connectivity index (χ0n) is 9.35. The van der Waals surface area contributed by atoms with Crippen molar-refractivity contribution in [2.45, 2.75) is 25.7 Å². The minimum Gasteiger partial charge on any atom is -0.481 e. The Morgan fingerprint density at radius 1 is 1.35 bits per heavy atom. The predicted octanol–water partition coefficient (Wildman–Crippen LogP) is 1.24. The minimum absolute atomic E-state index is 0.224. The molecule has 3 N–H and O–H groups in total. The van der Waals surface area contributed by atoms with Crippen LogP contribution in [0, 0.1) is 11.8 Å². The molecule has 1 aliphatic rings. The Labute approximate surface area is 98.4 Å². The summed E-state index contributed by atoms with van der Waals surface area (Å²) in [7, 11) is 0. The molecule has 1 amide bonds. The SMILES string of the molecule is O=C(O)[C@H]1CCCC[C@H]1C(=O)Nc1cn[nH]c1. The molecule has 17 heavy (non-hydrogen) atoms. The minimum atomic E-state index is -0.878. The Morgan fingerprint density at radius 2 is 2.06 bits per heavy atom. The van der Waals surface area contributed by atoms with Crippen molar-refractivity contribution in [1.29, 1.82) is 0 Å². The molecule has 1 saturated carbocycles. The Kier molecular flexibility index (Phi) is 3.41. The van der Waals surface area contributed by atoms with Crippen LogP contribution in [0.3, 0.4) is 0 Å². The number of nitrogens with one attached hydrogen (secondary N) is 2. The normalized spacial score (nSPS) is 24.2. The zero-order valence-corrected chi connectivity index (χ0v) is 9.35. The van der Waals surface area contributed by atoms with Gasteiger partial charge in [0.2, 0.25) is 5.91 Å². The number of rotatable bonds is 3. The van der Waals surface area contributed by atoms with Gasteiger partial charge >= 0.3 is 5.97 Å². The number of amides is 1. The van der Waals surface area contributed by atoms with E-state index in [1.54, 1.807) is 6.20 Å². The van der Waals surface area contributed by atoms with Gasteiger partial charge in [-0.05, 0) is 12.8 Å². The van der Waals surface area contributed by atoms with Crippen molar-refractivity contribution in [1.82, 2.24) is 10.2 Å². The van der Waals surface area contributed by atoms with Gasteiger partial charge in [-0.3, -0.25) is 14.7 Å². The quantitative estimate of drug-likeness (QED) is 0.737. The summed E-state index contributed by atoms with van der Waals surface area (Å²) in [5.41, 5.74) is 0.574. The van der Waals surface area contributed by atoms with Crippen LogP contribution in [-0.4, -0.2) is 27.2 Å². The highest BCUT2D eigenvalue weighted by molar-refractivity contribution is 5.94. The van der Waals surface area contributed by atoms with Crippen LogP contribution >= 0.6 is 0 Å². The molecule has 1 aromatic rings. The number of nitrogens with zero attached hydrogens (tertiary/aromatic N) is 1. The third-order valence-corrected chi connectivity index (χ3v) is 3.19. The van der Waals surface area contributed by atoms with E-state index in [-0.39, 0.29) is 5.91 Å². The van der Waals surface area contributed by atoms with Gasteiger partial charge in [0.15, 0.2) is 0 Å². The lowest BCUT2D eigenvalue weighted by Crippen LogP contribution is -2.35. The second-order valence-electron chi connectivity index (χ2n) is 4.31. The first-order chi connectivity index (χ1) is 8.18. The van der Waals surface area contributed by atoms with Crippen molar-refractivity contribution in [3.63, 3.8) is 0 Å². The molecular formula is C11H15N3O3. The predicted molar refractivity (Wildman–Crippen MR) is 60.3 cm³/mol. The maximum absolute atomic E-state index is 12.0. The number of carboxylic acid groups (broad SMARTS) is 1. The summed E-state index contributed by atoms with van der Waals surface area (Å²) in [6.07, 6.45) is 6.08. The Morgan fingerprint density at radius 3 is 2.65 bits per heavy atom. The van der Waals surface area contributed by atoms with Gasteiger partial charge in [0.1, 0.15) is 0 Å². The van der Waals surface area contributed by atoms with E-state index in [1.807, 2.05) is 0 Å². The number of hydrogen-bond donors (Lipinski definition) is 3. The highest BCUT2D eigenvalue weighted by Crippen LogP contribution is 2.31. The van der Waals surface area contributed by atoms with Gasteiger partial charge in [-0.2, -0.15) is 5.10 Å². The summed E-state index contributed by atoms with van der Waals surface area (Å²) in [4.78, 5) is 23.0. The molecule has 1 heterocycles. The molecule has 1 aliphatic carbocycles. The van der Waals surface area contributed by atoms with Gasteiger partial charge in [0, 0.05) is 6.20 Å². The van der Waals surface area contributed by atoms with Gasteiger partial charge in [0.25, 0.3) is 0 Å². The molecule has 6 heteroatoms. The molecule has 0 spiro atoms. The third-order valence-electron chi connectivity index (χ3n) is 3.19. The molecule has 6 nitrogen and oxygen atoms in total. The fraction of sp³-hybridized carbons (Fsp3) is 0.545. The summed E-state index contributed by atoms with van der Waals surface area (Å²) in [5.74, 6) is -2.10. The number of aromatic nitrogens is 2. The highest BCUT2D eigenvalue weighted by atomic mass is 16.4. The number of aliphatic carboxylic acids is 1. The lowest BCUT2D eigenvalue weighted by atomic mass is 9.78. The molecule has 2 atom stereocenters. The smallest absolute Gasteiger partial charge is 0.307 e. The molecule has 0 aromatic carbocycles. The van der Waals surface area contributed by atoms with E-state index in [1.165, 1.54) is 6.20 Å². The Hall–Kier alpha value is -1.85. The van der Waals surface area contributed by atoms with Gasteiger partial charge in [-0.25, -0.2) is 0 Å². The summed E-state index contributed by atoms with van der Waals surface area (Å²) >= 11 is 0. The van der Waals surface area contributed by atoms with E-state index in [4.69, 9.17) is 5.11 Å². The molecule has 0 saturated heterocycles. The van der Waals surface area contributed by atoms with Crippen LogP contribution in [-0.2, 0) is 9.59 Å². The molecule has 0 unspecified atom stereocenters. The molecule has 0 bridgehead atoms. The van der Waals surface area contributed by atoms with Gasteiger partial charge in [-0.15, -0.1) is 0 Å². The maximum atomic E-state index is 12.0. The first-order valence-electron chi connectivity index (χ1n) is 5.71. The summed E-state index contributed by atoms with van der Waals surface area (Å²) in [5, 5.41) is 18.1. The lowest BCUT2D eigenvalue weighted by Gasteiger charge is -2.27. The van der Waals surface area contributed by atoms with Gasteiger partial charge in [0.05, 0.1) is 23.7 Å². The first-order valence-corrected chi connectivity index (χ1v) is 5.71. The number of carbonyl (C=O) groups excluding carboxylic acids is 1. The number of aromatic amines is 1. The van der Waals surface area contributed by atoms with Crippen molar-refractivity contribution in [3.8, 4) is 0 Å². The molecule has 2 rings (SSSR count). The van der Waals surface area contributed by atoms with E-state index in [0.717, 1.165) is 12.8 Å². The van der Waals surface area contributed by atoms with Crippen LogP contribution < -0.4 is 5.32 Å². The zero-order chi connectivity index (χ0) is 12.3. The maximum Gasteiger partial charge on any atom is 0.307 e. The van der Waals surface area contributed by atoms with E-state index < -0.39 is 17.8 Å². The molecule has 1 aromatic heterocycles. The van der Waals surface area contributed by atoms with Crippen LogP contribution in [0.1, 0.15) is 25.7 Å². The number of carbonyl (C=O) groups is 2. The molecular weight excluding hydrogens is 222 g/mol. The standard InChI is InChI=1S/C11H15N3O3/c15-10(14-7-5-12-13-6-7)8-3-1-2-4-9(8)11(16)17/h5-6,8-9H,1-4H2,(H,12,13)(H,14,15)(H,16,17)/t8-,9+/m1/s1. The van der Waals surface area contributed by atoms with E-state index >= 15 is 0 Å². The van der Waals surface area contributed by atoms with Crippen LogP contribution in [0.5, 0.6) is 0 Å². The van der Waals surface area contributed by atoms with Crippen LogP contribution in [0.15, 0.2) is 12.4 Å². The second kappa shape index (κ2) is 4.99. The number of H-pyrrole nitrogens is 1. The van der Waals surface area contributed by atoms with Crippen LogP contribution in [0.4, 0.5) is 5.69 Å². The van der Waals surface area contributed by atoms with Crippen molar-refractivity contribution < 1.29 is 14.7 Å². The summed E-state index contributed by atoms with van der Waals surface area (Å²) in [6, 6.07) is 0. The first kappa shape index (κ1) is 11.6. The monoisotopic (exact) mass is 237 g/mol. The largest absolute Gasteiger partial charge is 0.481 e. The van der Waals surface area contributed by atoms with E-state index in [9.17, 15) is 9.59 Å². The average Bonchev–Trinajstić information content (AvgIpc) is 2.81. The van der Waals surface area contributed by atoms with Gasteiger partial charge < -0.3 is 10.4 Å². The van der Waals surface area contributed by atoms with Crippen LogP contribution in [0.25, 0.3) is 0 Å². The van der Waals surface area contributed by atoms with Crippen molar-refractivity contribution in [2.24, 2.45) is 11.8 Å². The van der Waals surface area contributed by atoms with Crippen molar-refractivity contribution in [3.05, 3.63) is 12.4 Å². The molecule has 0 radical (unpaired) electrons. The average molecular weight is 237 g/mol. The Bertz CT molecular complexity index is 402. The topological polar surface area (TPSA) is 95.1 Å². The highest BCUT2D eigenvalue weighted by Gasteiger charge is 2.35. The number of hydrogen-bond acceptors (Lipinski definition) is 3. The summed E-state index contributed by atoms with van der Waals surface area (Å²) in [6.45, 7) is 0. The lowest BCUT2D eigenvalue weighted by molar-refractivity contribution is -0.147. The fourth-order valence-electron chi connectivity index (χ4n) is 2.29. The molecule has 0 aliphatic heterocycles. The van der Waals surface area contributed by atoms with E-state index in [2.05, 4.69) is 15.5 Å². The van der Waals surface area contributed by atoms with Crippen molar-refractivity contribution >= 4 is 17.6 Å². The van der Waals surface area contributed by atoms with Crippen molar-refractivity contribution in [2.75, 3.05) is 5.32 Å². The van der Waals surface area contributed by atoms with Crippen LogP contribution in [0.2, 0.25) is 0 Å². The number of carboxylic acids is 1. The molecule has 1 fully saturated rings. The summed E-state index contributed by atoms with van der Waals surface area (Å²) < 4.78 is 0. The van der Waals surface area contributed by atoms with E-state index in [0.29, 0.717) is 18.5 Å². The second-order valence-corrected chi connectivity index (χ2v) is 4.31. The fourth-order valence-corrected chi connectivity index (χ4v) is 2.29. The van der Waals surface area contributed by atoms with Gasteiger partial charge in [-0.1, -0.05) is 12.8 Å².